The summed E-state index contributed by atoms with van der Waals surface area (Å²) < 4.78 is 49.4. The second-order valence-corrected chi connectivity index (χ2v) is 3.63. The lowest BCUT2D eigenvalue weighted by Crippen LogP contribution is -2.09. The summed E-state index contributed by atoms with van der Waals surface area (Å²) in [5, 5.41) is 0. The number of benzene rings is 1. The number of alkyl halides is 3. The summed E-state index contributed by atoms with van der Waals surface area (Å²) in [6.07, 6.45) is -4.61. The van der Waals surface area contributed by atoms with Crippen LogP contribution in [0.2, 0.25) is 0 Å². The van der Waals surface area contributed by atoms with Crippen molar-refractivity contribution in [3.8, 4) is 0 Å². The van der Waals surface area contributed by atoms with Gasteiger partial charge in [-0.1, -0.05) is 6.07 Å². The van der Waals surface area contributed by atoms with Crippen LogP contribution in [-0.4, -0.2) is 0 Å². The summed E-state index contributed by atoms with van der Waals surface area (Å²) in [4.78, 5) is 0. The van der Waals surface area contributed by atoms with E-state index in [4.69, 9.17) is 0 Å². The van der Waals surface area contributed by atoms with Crippen LogP contribution in [0.1, 0.15) is 11.1 Å². The van der Waals surface area contributed by atoms with E-state index < -0.39 is 17.6 Å². The summed E-state index contributed by atoms with van der Waals surface area (Å²) in [7, 11) is 0. The van der Waals surface area contributed by atoms with Gasteiger partial charge in [-0.15, -0.1) is 0 Å². The molecule has 0 saturated heterocycles. The summed E-state index contributed by atoms with van der Waals surface area (Å²) in [6.45, 7) is 1.56. The number of hydrogen-bond donors (Lipinski definition) is 0. The quantitative estimate of drug-likeness (QED) is 0.506. The van der Waals surface area contributed by atoms with Crippen LogP contribution in [0.5, 0.6) is 0 Å². The molecule has 1 rings (SSSR count). The van der Waals surface area contributed by atoms with Crippen molar-refractivity contribution in [2.24, 2.45) is 0 Å². The Hall–Kier alpha value is -0.330. The smallest absolute Gasteiger partial charge is 0.205 e. The van der Waals surface area contributed by atoms with E-state index in [9.17, 15) is 17.6 Å². The molecule has 0 fully saturated rings. The molecule has 0 heterocycles. The van der Waals surface area contributed by atoms with Crippen LogP contribution in [0.4, 0.5) is 17.6 Å². The first-order valence-corrected chi connectivity index (χ1v) is 4.43. The molecule has 13 heavy (non-hydrogen) atoms. The van der Waals surface area contributed by atoms with Gasteiger partial charge in [-0.05, 0) is 41.1 Å². The van der Waals surface area contributed by atoms with E-state index in [1.165, 1.54) is 6.07 Å². The highest BCUT2D eigenvalue weighted by Gasteiger charge is 2.34. The molecule has 0 unspecified atom stereocenters. The average Bonchev–Trinajstić information content (AvgIpc) is 1.98. The Balaban J connectivity index is 3.35. The van der Waals surface area contributed by atoms with Gasteiger partial charge in [0, 0.05) is 0 Å². The van der Waals surface area contributed by atoms with E-state index in [-0.39, 0.29) is 3.57 Å². The van der Waals surface area contributed by atoms with E-state index in [1.807, 2.05) is 0 Å². The molecule has 5 heteroatoms. The first kappa shape index (κ1) is 10.7. The summed E-state index contributed by atoms with van der Waals surface area (Å²) in [5.41, 5.74) is -0.700. The Morgan fingerprint density at radius 2 is 1.77 bits per heavy atom. The van der Waals surface area contributed by atoms with Gasteiger partial charge in [0.1, 0.15) is 5.82 Å². The Morgan fingerprint density at radius 1 is 1.23 bits per heavy atom. The molecule has 0 N–H and O–H groups in total. The van der Waals surface area contributed by atoms with Crippen LogP contribution in [-0.2, 0) is 6.18 Å². The van der Waals surface area contributed by atoms with Crippen molar-refractivity contribution >= 4 is 22.6 Å². The lowest BCUT2D eigenvalue weighted by molar-refractivity contribution is -0.140. The first-order chi connectivity index (χ1) is 5.84. The van der Waals surface area contributed by atoms with Gasteiger partial charge in [-0.25, -0.2) is 4.39 Å². The summed E-state index contributed by atoms with van der Waals surface area (Å²) in [5.74, 6) is -1.19. The van der Waals surface area contributed by atoms with E-state index in [1.54, 1.807) is 29.5 Å². The molecular weight excluding hydrogens is 299 g/mol. The minimum absolute atomic E-state index is 0.0208. The molecule has 0 nitrogen and oxygen atoms in total. The van der Waals surface area contributed by atoms with Gasteiger partial charge >= 0.3 is 6.18 Å². The molecule has 0 aliphatic rings. The predicted octanol–water partition coefficient (Wildman–Crippen LogP) is 3.76. The van der Waals surface area contributed by atoms with E-state index in [0.29, 0.717) is 5.56 Å². The molecule has 0 aliphatic carbocycles. The Labute approximate surface area is 86.1 Å². The molecule has 1 aromatic carbocycles. The molecule has 0 atom stereocenters. The van der Waals surface area contributed by atoms with Crippen molar-refractivity contribution in [1.82, 2.24) is 0 Å². The fraction of sp³-hybridized carbons (Fsp3) is 0.250. The molecule has 1 aromatic rings. The second kappa shape index (κ2) is 3.43. The molecule has 0 aliphatic heterocycles. The van der Waals surface area contributed by atoms with E-state index in [0.717, 1.165) is 6.07 Å². The van der Waals surface area contributed by atoms with Gasteiger partial charge in [-0.3, -0.25) is 0 Å². The summed E-state index contributed by atoms with van der Waals surface area (Å²) >= 11 is 1.56. The zero-order valence-electron chi connectivity index (χ0n) is 6.54. The Morgan fingerprint density at radius 3 is 2.23 bits per heavy atom. The molecule has 0 saturated carbocycles. The highest BCUT2D eigenvalue weighted by molar-refractivity contribution is 14.1. The highest BCUT2D eigenvalue weighted by atomic mass is 127. The third-order valence-corrected chi connectivity index (χ3v) is 2.91. The monoisotopic (exact) mass is 304 g/mol. The van der Waals surface area contributed by atoms with Crippen LogP contribution < -0.4 is 0 Å². The number of aryl methyl sites for hydroxylation is 1. The Bertz CT molecular complexity index is 330. The minimum Gasteiger partial charge on any atom is -0.205 e. The minimum atomic E-state index is -4.61. The average molecular weight is 304 g/mol. The van der Waals surface area contributed by atoms with Gasteiger partial charge in [0.05, 0.1) is 9.13 Å². The van der Waals surface area contributed by atoms with Crippen molar-refractivity contribution in [2.45, 2.75) is 13.1 Å². The number of rotatable bonds is 0. The topological polar surface area (TPSA) is 0 Å². The zero-order chi connectivity index (χ0) is 10.2. The van der Waals surface area contributed by atoms with Crippen molar-refractivity contribution in [3.05, 3.63) is 32.6 Å². The van der Waals surface area contributed by atoms with Gasteiger partial charge in [0.2, 0.25) is 0 Å². The Kier molecular flexibility index (Phi) is 2.84. The van der Waals surface area contributed by atoms with Gasteiger partial charge < -0.3 is 0 Å². The molecule has 0 spiro atoms. The van der Waals surface area contributed by atoms with Gasteiger partial charge in [0.25, 0.3) is 0 Å². The van der Waals surface area contributed by atoms with Crippen molar-refractivity contribution in [1.29, 1.82) is 0 Å². The van der Waals surface area contributed by atoms with Crippen LogP contribution >= 0.6 is 22.6 Å². The van der Waals surface area contributed by atoms with Crippen molar-refractivity contribution in [2.75, 3.05) is 0 Å². The molecule has 0 bridgehead atoms. The third-order valence-electron chi connectivity index (χ3n) is 1.58. The zero-order valence-corrected chi connectivity index (χ0v) is 8.70. The fourth-order valence-corrected chi connectivity index (χ4v) is 1.34. The SMILES string of the molecule is Cc1ccc(C(F)(F)F)c(F)c1I. The van der Waals surface area contributed by atoms with Crippen molar-refractivity contribution < 1.29 is 17.6 Å². The van der Waals surface area contributed by atoms with Crippen molar-refractivity contribution in [3.63, 3.8) is 0 Å². The largest absolute Gasteiger partial charge is 0.419 e. The maximum atomic E-state index is 13.0. The number of hydrogen-bond acceptors (Lipinski definition) is 0. The molecule has 0 amide bonds. The standard InChI is InChI=1S/C8H5F4I/c1-4-2-3-5(8(10,11)12)6(9)7(4)13/h2-3H,1H3. The molecule has 0 radical (unpaired) electrons. The summed E-state index contributed by atoms with van der Waals surface area (Å²) in [6, 6.07) is 2.01. The predicted molar refractivity (Wildman–Crippen MR) is 48.9 cm³/mol. The lowest BCUT2D eigenvalue weighted by Gasteiger charge is -2.09. The lowest BCUT2D eigenvalue weighted by atomic mass is 10.1. The third kappa shape index (κ3) is 2.12. The van der Waals surface area contributed by atoms with Gasteiger partial charge in [0.15, 0.2) is 0 Å². The molecule has 72 valence electrons. The molecule has 0 aromatic heterocycles. The van der Waals surface area contributed by atoms with E-state index >= 15 is 0 Å². The van der Waals surface area contributed by atoms with Gasteiger partial charge in [-0.2, -0.15) is 13.2 Å². The fourth-order valence-electron chi connectivity index (χ4n) is 0.865. The maximum absolute atomic E-state index is 13.0. The highest BCUT2D eigenvalue weighted by Crippen LogP contribution is 2.33. The maximum Gasteiger partial charge on any atom is 0.419 e. The van der Waals surface area contributed by atoms with Crippen LogP contribution in [0.25, 0.3) is 0 Å². The normalized spacial score (nSPS) is 11.8. The van der Waals surface area contributed by atoms with Crippen LogP contribution in [0.3, 0.4) is 0 Å². The first-order valence-electron chi connectivity index (χ1n) is 3.36. The number of halogens is 5. The second-order valence-electron chi connectivity index (χ2n) is 2.56. The van der Waals surface area contributed by atoms with E-state index in [2.05, 4.69) is 0 Å². The van der Waals surface area contributed by atoms with Crippen LogP contribution in [0, 0.1) is 16.3 Å². The molecular formula is C8H5F4I. The van der Waals surface area contributed by atoms with Crippen LogP contribution in [0.15, 0.2) is 12.1 Å².